The van der Waals surface area contributed by atoms with E-state index in [-0.39, 0.29) is 23.6 Å². The maximum absolute atomic E-state index is 13.0. The quantitative estimate of drug-likeness (QED) is 0.301. The summed E-state index contributed by atoms with van der Waals surface area (Å²) in [5.41, 5.74) is 0.640. The van der Waals surface area contributed by atoms with Crippen molar-refractivity contribution in [1.29, 1.82) is 0 Å². The molecular formula is C27H37ClN6O3S. The molecule has 2 fully saturated rings. The number of para-hydroxylation sites is 2. The van der Waals surface area contributed by atoms with Crippen molar-refractivity contribution in [3.8, 4) is 5.75 Å². The van der Waals surface area contributed by atoms with Crippen LogP contribution in [-0.2, 0) is 9.59 Å². The number of methoxy groups -OCH3 is 1. The topological polar surface area (TPSA) is 82.1 Å². The Hall–Kier alpha value is -2.72. The Morgan fingerprint density at radius 3 is 2.39 bits per heavy atom. The zero-order valence-corrected chi connectivity index (χ0v) is 24.4. The van der Waals surface area contributed by atoms with Gasteiger partial charge in [-0.15, -0.1) is 0 Å². The number of amides is 2. The number of hydrogen-bond acceptors (Lipinski definition) is 8. The monoisotopic (exact) mass is 560 g/mol. The third kappa shape index (κ3) is 6.64. The molecule has 1 aromatic heterocycles. The van der Waals surface area contributed by atoms with Crippen LogP contribution in [0.4, 0.5) is 11.5 Å². The first-order valence-electron chi connectivity index (χ1n) is 13.0. The fourth-order valence-corrected chi connectivity index (χ4v) is 5.80. The number of nitrogens with zero attached hydrogens (tertiary/aromatic N) is 6. The van der Waals surface area contributed by atoms with Crippen molar-refractivity contribution in [2.75, 3.05) is 68.5 Å². The SMILES string of the molecule is COc1ccccc1N1CCN(C(=O)CSc2nc(Cl)cc(N3CCN(C(=O)C(C)(C)C)C(C)C3)n2)CC1. The third-order valence-electron chi connectivity index (χ3n) is 6.90. The summed E-state index contributed by atoms with van der Waals surface area (Å²) in [6, 6.07) is 9.75. The third-order valence-corrected chi connectivity index (χ3v) is 7.92. The Kier molecular flexibility index (Phi) is 8.92. The summed E-state index contributed by atoms with van der Waals surface area (Å²) < 4.78 is 5.49. The number of aromatic nitrogens is 2. The highest BCUT2D eigenvalue weighted by atomic mass is 35.5. The molecule has 0 N–H and O–H groups in total. The zero-order chi connectivity index (χ0) is 27.4. The van der Waals surface area contributed by atoms with Gasteiger partial charge in [-0.3, -0.25) is 9.59 Å². The molecule has 0 bridgehead atoms. The van der Waals surface area contributed by atoms with Crippen LogP contribution in [0.25, 0.3) is 0 Å². The van der Waals surface area contributed by atoms with Crippen molar-refractivity contribution < 1.29 is 14.3 Å². The standard InChI is InChI=1S/C27H37ClN6O3S/c1-19-17-33(14-15-34(19)25(36)27(2,3)4)23-16-22(28)29-26(30-23)38-18-24(35)32-12-10-31(11-13-32)20-8-6-7-9-21(20)37-5/h6-9,16,19H,10-15,17-18H2,1-5H3. The number of piperazine rings is 2. The summed E-state index contributed by atoms with van der Waals surface area (Å²) in [7, 11) is 1.67. The Balaban J connectivity index is 1.32. The summed E-state index contributed by atoms with van der Waals surface area (Å²) in [4.78, 5) is 43.0. The lowest BCUT2D eigenvalue weighted by Gasteiger charge is -2.42. The number of ether oxygens (including phenoxy) is 1. The normalized spacial score (nSPS) is 18.5. The molecule has 0 radical (unpaired) electrons. The smallest absolute Gasteiger partial charge is 0.233 e. The number of thioether (sulfide) groups is 1. The van der Waals surface area contributed by atoms with E-state index in [4.69, 9.17) is 21.3 Å². The molecule has 11 heteroatoms. The van der Waals surface area contributed by atoms with E-state index in [0.29, 0.717) is 43.0 Å². The van der Waals surface area contributed by atoms with E-state index < -0.39 is 5.41 Å². The van der Waals surface area contributed by atoms with Crippen LogP contribution in [0.15, 0.2) is 35.5 Å². The molecule has 4 rings (SSSR count). The van der Waals surface area contributed by atoms with Crippen LogP contribution >= 0.6 is 23.4 Å². The fourth-order valence-electron chi connectivity index (χ4n) is 4.82. The van der Waals surface area contributed by atoms with Crippen molar-refractivity contribution in [2.45, 2.75) is 38.9 Å². The van der Waals surface area contributed by atoms with Crippen LogP contribution in [0.1, 0.15) is 27.7 Å². The van der Waals surface area contributed by atoms with Crippen molar-refractivity contribution in [2.24, 2.45) is 5.41 Å². The molecular weight excluding hydrogens is 524 g/mol. The van der Waals surface area contributed by atoms with Gasteiger partial charge in [-0.1, -0.05) is 56.3 Å². The second-order valence-corrected chi connectivity index (χ2v) is 12.0. The van der Waals surface area contributed by atoms with Crippen LogP contribution in [0.5, 0.6) is 5.75 Å². The number of rotatable bonds is 6. The lowest BCUT2D eigenvalue weighted by Crippen LogP contribution is -2.56. The number of halogens is 1. The van der Waals surface area contributed by atoms with E-state index in [0.717, 1.165) is 30.3 Å². The number of anilines is 2. The zero-order valence-electron chi connectivity index (χ0n) is 22.8. The summed E-state index contributed by atoms with van der Waals surface area (Å²) >= 11 is 7.65. The fraction of sp³-hybridized carbons (Fsp3) is 0.556. The first-order chi connectivity index (χ1) is 18.1. The van der Waals surface area contributed by atoms with E-state index >= 15 is 0 Å². The molecule has 1 atom stereocenters. The maximum atomic E-state index is 13.0. The van der Waals surface area contributed by atoms with Crippen molar-refractivity contribution in [3.05, 3.63) is 35.5 Å². The molecule has 2 aliphatic rings. The lowest BCUT2D eigenvalue weighted by molar-refractivity contribution is -0.142. The summed E-state index contributed by atoms with van der Waals surface area (Å²) in [6.07, 6.45) is 0. The molecule has 1 unspecified atom stereocenters. The van der Waals surface area contributed by atoms with Gasteiger partial charge in [0.15, 0.2) is 5.16 Å². The predicted molar refractivity (Wildman–Crippen MR) is 152 cm³/mol. The summed E-state index contributed by atoms with van der Waals surface area (Å²) in [5, 5.41) is 0.825. The largest absolute Gasteiger partial charge is 0.495 e. The molecule has 9 nitrogen and oxygen atoms in total. The van der Waals surface area contributed by atoms with Crippen LogP contribution in [0, 0.1) is 5.41 Å². The van der Waals surface area contributed by atoms with Gasteiger partial charge in [0.1, 0.15) is 16.7 Å². The second kappa shape index (κ2) is 12.0. The minimum Gasteiger partial charge on any atom is -0.495 e. The molecule has 2 aromatic rings. The Morgan fingerprint density at radius 2 is 1.74 bits per heavy atom. The number of carbonyl (C=O) groups is 2. The number of carbonyl (C=O) groups excluding carboxylic acids is 2. The highest BCUT2D eigenvalue weighted by Gasteiger charge is 2.34. The minimum atomic E-state index is -0.411. The van der Waals surface area contributed by atoms with E-state index in [1.54, 1.807) is 13.2 Å². The van der Waals surface area contributed by atoms with E-state index in [1.165, 1.54) is 11.8 Å². The summed E-state index contributed by atoms with van der Waals surface area (Å²) in [6.45, 7) is 12.6. The van der Waals surface area contributed by atoms with Gasteiger partial charge in [-0.05, 0) is 19.1 Å². The molecule has 2 aliphatic heterocycles. The predicted octanol–water partition coefficient (Wildman–Crippen LogP) is 3.66. The maximum Gasteiger partial charge on any atom is 0.233 e. The van der Waals surface area contributed by atoms with Gasteiger partial charge < -0.3 is 24.3 Å². The van der Waals surface area contributed by atoms with Gasteiger partial charge in [0, 0.05) is 63.3 Å². The molecule has 0 saturated carbocycles. The van der Waals surface area contributed by atoms with E-state index in [1.807, 2.05) is 54.8 Å². The van der Waals surface area contributed by atoms with Gasteiger partial charge in [-0.25, -0.2) is 9.97 Å². The summed E-state index contributed by atoms with van der Waals surface area (Å²) in [5.74, 6) is 2.03. The molecule has 2 amide bonds. The van der Waals surface area contributed by atoms with Crippen LogP contribution in [0.3, 0.4) is 0 Å². The minimum absolute atomic E-state index is 0.0522. The molecule has 38 heavy (non-hydrogen) atoms. The number of hydrogen-bond donors (Lipinski definition) is 0. The van der Waals surface area contributed by atoms with Crippen LogP contribution in [-0.4, -0.2) is 96.3 Å². The Morgan fingerprint density at radius 1 is 1.05 bits per heavy atom. The van der Waals surface area contributed by atoms with Crippen LogP contribution in [0.2, 0.25) is 5.15 Å². The second-order valence-electron chi connectivity index (χ2n) is 10.7. The van der Waals surface area contributed by atoms with E-state index in [2.05, 4.69) is 21.7 Å². The van der Waals surface area contributed by atoms with Gasteiger partial charge in [0.25, 0.3) is 0 Å². The molecule has 3 heterocycles. The highest BCUT2D eigenvalue weighted by Crippen LogP contribution is 2.29. The van der Waals surface area contributed by atoms with Gasteiger partial charge in [0.05, 0.1) is 18.6 Å². The molecule has 0 spiro atoms. The van der Waals surface area contributed by atoms with Crippen molar-refractivity contribution in [3.63, 3.8) is 0 Å². The Labute approximate surface area is 234 Å². The first-order valence-corrected chi connectivity index (χ1v) is 14.3. The highest BCUT2D eigenvalue weighted by molar-refractivity contribution is 7.99. The molecule has 2 saturated heterocycles. The molecule has 0 aliphatic carbocycles. The Bertz CT molecular complexity index is 1150. The van der Waals surface area contributed by atoms with Crippen molar-refractivity contribution >= 4 is 46.7 Å². The average Bonchev–Trinajstić information content (AvgIpc) is 2.90. The van der Waals surface area contributed by atoms with Crippen LogP contribution < -0.4 is 14.5 Å². The average molecular weight is 561 g/mol. The van der Waals surface area contributed by atoms with Gasteiger partial charge >= 0.3 is 0 Å². The number of benzene rings is 1. The molecule has 206 valence electrons. The first kappa shape index (κ1) is 28.3. The van der Waals surface area contributed by atoms with Gasteiger partial charge in [0.2, 0.25) is 11.8 Å². The van der Waals surface area contributed by atoms with E-state index in [9.17, 15) is 9.59 Å². The molecule has 1 aromatic carbocycles. The lowest BCUT2D eigenvalue weighted by atomic mass is 9.93. The van der Waals surface area contributed by atoms with Crippen molar-refractivity contribution in [1.82, 2.24) is 19.8 Å². The van der Waals surface area contributed by atoms with Gasteiger partial charge in [-0.2, -0.15) is 0 Å².